The molecule has 0 bridgehead atoms. The largest absolute Gasteiger partial charge is 0.492 e. The van der Waals surface area contributed by atoms with Gasteiger partial charge in [-0.3, -0.25) is 13.9 Å². The van der Waals surface area contributed by atoms with E-state index in [1.807, 2.05) is 54.4 Å². The van der Waals surface area contributed by atoms with E-state index < -0.39 is 11.2 Å². The van der Waals surface area contributed by atoms with Crippen molar-refractivity contribution in [2.24, 2.45) is 7.05 Å². The molecule has 0 aliphatic heterocycles. The van der Waals surface area contributed by atoms with E-state index in [2.05, 4.69) is 21.5 Å². The predicted molar refractivity (Wildman–Crippen MR) is 124 cm³/mol. The Morgan fingerprint density at radius 1 is 1.19 bits per heavy atom. The van der Waals surface area contributed by atoms with Gasteiger partial charge in [-0.1, -0.05) is 12.1 Å². The lowest BCUT2D eigenvalue weighted by atomic mass is 10.2. The van der Waals surface area contributed by atoms with E-state index in [1.165, 1.54) is 10.6 Å². The lowest BCUT2D eigenvalue weighted by molar-refractivity contribution is 0.325. The summed E-state index contributed by atoms with van der Waals surface area (Å²) >= 11 is 0. The Morgan fingerprint density at radius 2 is 1.97 bits per heavy atom. The number of pyridine rings is 1. The van der Waals surface area contributed by atoms with E-state index in [0.717, 1.165) is 21.7 Å². The molecule has 0 spiro atoms. The molecule has 0 saturated carbocycles. The van der Waals surface area contributed by atoms with Gasteiger partial charge in [-0.15, -0.1) is 6.58 Å². The summed E-state index contributed by atoms with van der Waals surface area (Å²) in [6, 6.07) is 13.2. The number of ether oxygens (including phenoxy) is 1. The van der Waals surface area contributed by atoms with Gasteiger partial charge in [-0.2, -0.15) is 0 Å². The first-order valence-corrected chi connectivity index (χ1v) is 10.2. The molecule has 9 nitrogen and oxygen atoms in total. The summed E-state index contributed by atoms with van der Waals surface area (Å²) in [6.45, 7) is 4.93. The summed E-state index contributed by atoms with van der Waals surface area (Å²) in [5.74, 6) is 2.11. The third-order valence-electron chi connectivity index (χ3n) is 5.15. The number of allylic oxidation sites excluding steroid dienone is 1. The maximum Gasteiger partial charge on any atom is 0.332 e. The Labute approximate surface area is 184 Å². The van der Waals surface area contributed by atoms with Crippen LogP contribution >= 0.6 is 0 Å². The topological polar surface area (TPSA) is 98.0 Å². The number of hydrogen-bond acceptors (Lipinski definition) is 6. The Kier molecular flexibility index (Phi) is 5.89. The van der Waals surface area contributed by atoms with Gasteiger partial charge in [0.15, 0.2) is 5.65 Å². The zero-order valence-electron chi connectivity index (χ0n) is 18.0. The van der Waals surface area contributed by atoms with Crippen LogP contribution in [0.1, 0.15) is 0 Å². The molecule has 0 saturated heterocycles. The number of fused-ring (bicyclic) bond motifs is 1. The van der Waals surface area contributed by atoms with Crippen LogP contribution in [0.25, 0.3) is 22.6 Å². The van der Waals surface area contributed by atoms with Crippen LogP contribution in [0, 0.1) is 0 Å². The van der Waals surface area contributed by atoms with E-state index >= 15 is 0 Å². The van der Waals surface area contributed by atoms with Crippen LogP contribution in [0.2, 0.25) is 0 Å². The molecule has 0 amide bonds. The normalized spacial score (nSPS) is 10.9. The average molecular weight is 432 g/mol. The quantitative estimate of drug-likeness (QED) is 0.429. The number of benzene rings is 1. The number of aryl methyl sites for hydroxylation is 1. The van der Waals surface area contributed by atoms with Gasteiger partial charge in [0.2, 0.25) is 0 Å². The highest BCUT2D eigenvalue weighted by Crippen LogP contribution is 2.21. The molecule has 4 rings (SSSR count). The Bertz CT molecular complexity index is 1350. The van der Waals surface area contributed by atoms with Crippen molar-refractivity contribution in [3.63, 3.8) is 0 Å². The molecular weight excluding hydrogens is 408 g/mol. The smallest absolute Gasteiger partial charge is 0.332 e. The summed E-state index contributed by atoms with van der Waals surface area (Å²) in [5, 5.41) is 0. The standard InChI is InChI=1S/C23H24N6O3/c1-4-13-29-22(30)19-21(28(3)23(29)31)26-20(25-19)16-8-10-17(11-9-16)32-15-14-27(2)18-7-5-6-12-24-18/h4-12H,1,13-15H2,2-3H3,(H,25,26). The Hall–Kier alpha value is -4.14. The van der Waals surface area contributed by atoms with E-state index in [4.69, 9.17) is 4.74 Å². The second-order valence-electron chi connectivity index (χ2n) is 7.31. The lowest BCUT2D eigenvalue weighted by Gasteiger charge is -2.18. The fraction of sp³-hybridized carbons (Fsp3) is 0.217. The number of rotatable bonds is 8. The van der Waals surface area contributed by atoms with Crippen molar-refractivity contribution < 1.29 is 4.74 Å². The van der Waals surface area contributed by atoms with Crippen LogP contribution in [0.5, 0.6) is 5.75 Å². The number of anilines is 1. The molecular formula is C23H24N6O3. The minimum absolute atomic E-state index is 0.136. The average Bonchev–Trinajstić information content (AvgIpc) is 3.27. The third kappa shape index (κ3) is 4.04. The first kappa shape index (κ1) is 21.1. The predicted octanol–water partition coefficient (Wildman–Crippen LogP) is 2.19. The number of H-pyrrole nitrogens is 1. The molecule has 32 heavy (non-hydrogen) atoms. The highest BCUT2D eigenvalue weighted by molar-refractivity contribution is 5.75. The number of imidazole rings is 1. The summed E-state index contributed by atoms with van der Waals surface area (Å²) in [6.07, 6.45) is 3.27. The monoisotopic (exact) mass is 432 g/mol. The van der Waals surface area contributed by atoms with Gasteiger partial charge in [0.1, 0.15) is 29.5 Å². The molecule has 0 atom stereocenters. The minimum atomic E-state index is -0.431. The highest BCUT2D eigenvalue weighted by atomic mass is 16.5. The maximum atomic E-state index is 12.7. The molecule has 0 aliphatic carbocycles. The van der Waals surface area contributed by atoms with Crippen molar-refractivity contribution in [1.82, 2.24) is 24.1 Å². The van der Waals surface area contributed by atoms with E-state index in [1.54, 1.807) is 13.2 Å². The van der Waals surface area contributed by atoms with Gasteiger partial charge >= 0.3 is 5.69 Å². The lowest BCUT2D eigenvalue weighted by Crippen LogP contribution is -2.38. The van der Waals surface area contributed by atoms with Gasteiger partial charge in [0, 0.05) is 32.4 Å². The second kappa shape index (κ2) is 8.93. The zero-order valence-corrected chi connectivity index (χ0v) is 18.0. The summed E-state index contributed by atoms with van der Waals surface area (Å²) in [4.78, 5) is 38.9. The van der Waals surface area contributed by atoms with Crippen LogP contribution in [-0.4, -0.2) is 44.3 Å². The first-order chi connectivity index (χ1) is 15.5. The second-order valence-corrected chi connectivity index (χ2v) is 7.31. The third-order valence-corrected chi connectivity index (χ3v) is 5.15. The SMILES string of the molecule is C=CCn1c(=O)c2[nH]c(-c3ccc(OCCN(C)c4ccccn4)cc3)nc2n(C)c1=O. The molecule has 1 aromatic carbocycles. The summed E-state index contributed by atoms with van der Waals surface area (Å²) in [5.41, 5.74) is 0.523. The van der Waals surface area contributed by atoms with Crippen LogP contribution in [0.4, 0.5) is 5.82 Å². The first-order valence-electron chi connectivity index (χ1n) is 10.2. The van der Waals surface area contributed by atoms with E-state index in [9.17, 15) is 9.59 Å². The number of hydrogen-bond donors (Lipinski definition) is 1. The number of likely N-dealkylation sites (N-methyl/N-ethyl adjacent to an activating group) is 1. The number of nitrogens with zero attached hydrogens (tertiary/aromatic N) is 5. The zero-order chi connectivity index (χ0) is 22.7. The molecule has 0 unspecified atom stereocenters. The molecule has 1 N–H and O–H groups in total. The molecule has 0 radical (unpaired) electrons. The van der Waals surface area contributed by atoms with Crippen molar-refractivity contribution in [3.8, 4) is 17.1 Å². The molecule has 3 aromatic heterocycles. The van der Waals surface area contributed by atoms with Gasteiger partial charge in [-0.05, 0) is 36.4 Å². The number of nitrogens with one attached hydrogen (secondary N) is 1. The Balaban J connectivity index is 1.50. The number of aromatic nitrogens is 5. The fourth-order valence-corrected chi connectivity index (χ4v) is 3.38. The molecule has 4 aromatic rings. The number of aromatic amines is 1. The van der Waals surface area contributed by atoms with Crippen LogP contribution in [0.3, 0.4) is 0 Å². The molecule has 3 heterocycles. The van der Waals surface area contributed by atoms with Gasteiger partial charge in [0.25, 0.3) is 5.56 Å². The minimum Gasteiger partial charge on any atom is -0.492 e. The summed E-state index contributed by atoms with van der Waals surface area (Å²) < 4.78 is 8.31. The maximum absolute atomic E-state index is 12.7. The van der Waals surface area contributed by atoms with Gasteiger partial charge in [-0.25, -0.2) is 14.8 Å². The van der Waals surface area contributed by atoms with Crippen molar-refractivity contribution in [2.75, 3.05) is 25.1 Å². The van der Waals surface area contributed by atoms with Crippen LogP contribution < -0.4 is 20.9 Å². The highest BCUT2D eigenvalue weighted by Gasteiger charge is 2.15. The van der Waals surface area contributed by atoms with Crippen molar-refractivity contribution in [1.29, 1.82) is 0 Å². The van der Waals surface area contributed by atoms with Crippen LogP contribution in [0.15, 0.2) is 70.9 Å². The van der Waals surface area contributed by atoms with Crippen molar-refractivity contribution in [2.45, 2.75) is 6.54 Å². The van der Waals surface area contributed by atoms with Crippen LogP contribution in [-0.2, 0) is 13.6 Å². The van der Waals surface area contributed by atoms with Crippen molar-refractivity contribution in [3.05, 3.63) is 82.2 Å². The molecule has 9 heteroatoms. The molecule has 0 fully saturated rings. The summed E-state index contributed by atoms with van der Waals surface area (Å²) in [7, 11) is 3.56. The fourth-order valence-electron chi connectivity index (χ4n) is 3.38. The van der Waals surface area contributed by atoms with Gasteiger partial charge < -0.3 is 14.6 Å². The molecule has 164 valence electrons. The van der Waals surface area contributed by atoms with Crippen molar-refractivity contribution >= 4 is 17.0 Å². The van der Waals surface area contributed by atoms with E-state index in [0.29, 0.717) is 24.6 Å². The molecule has 0 aliphatic rings. The Morgan fingerprint density at radius 3 is 2.66 bits per heavy atom. The van der Waals surface area contributed by atoms with E-state index in [-0.39, 0.29) is 12.1 Å². The van der Waals surface area contributed by atoms with Gasteiger partial charge in [0.05, 0.1) is 6.54 Å².